The van der Waals surface area contributed by atoms with E-state index >= 15 is 0 Å². The van der Waals surface area contributed by atoms with Gasteiger partial charge in [-0.25, -0.2) is 0 Å². The zero-order valence-corrected chi connectivity index (χ0v) is 12.4. The molecule has 0 aliphatic heterocycles. The molecule has 0 amide bonds. The van der Waals surface area contributed by atoms with Crippen LogP contribution >= 0.6 is 0 Å². The molecule has 0 aliphatic carbocycles. The van der Waals surface area contributed by atoms with Gasteiger partial charge in [0.1, 0.15) is 0 Å². The Balaban J connectivity index is 2.36. The van der Waals surface area contributed by atoms with Crippen molar-refractivity contribution in [3.8, 4) is 6.07 Å². The zero-order chi connectivity index (χ0) is 14.1. The lowest BCUT2D eigenvalue weighted by molar-refractivity contribution is 0.438. The lowest BCUT2D eigenvalue weighted by Gasteiger charge is -2.20. The number of nitrogens with zero attached hydrogens (tertiary/aromatic N) is 1. The van der Waals surface area contributed by atoms with Gasteiger partial charge >= 0.3 is 0 Å². The molecule has 0 aliphatic rings. The molecule has 0 saturated carbocycles. The molecular weight excluding hydrogens is 232 g/mol. The Bertz CT molecular complexity index is 389. The Hall–Kier alpha value is -1.33. The molecule has 0 saturated heterocycles. The fraction of sp³-hybridized carbons (Fsp3) is 0.588. The molecule has 1 aromatic carbocycles. The molecular formula is C17H26N2. The van der Waals surface area contributed by atoms with E-state index in [0.717, 1.165) is 5.56 Å². The van der Waals surface area contributed by atoms with Gasteiger partial charge in [-0.3, -0.25) is 0 Å². The van der Waals surface area contributed by atoms with Crippen LogP contribution in [0.25, 0.3) is 0 Å². The molecule has 19 heavy (non-hydrogen) atoms. The highest BCUT2D eigenvalue weighted by atomic mass is 14.9. The summed E-state index contributed by atoms with van der Waals surface area (Å²) in [5, 5.41) is 12.4. The van der Waals surface area contributed by atoms with Crippen LogP contribution in [-0.2, 0) is 0 Å². The second-order valence-corrected chi connectivity index (χ2v) is 5.37. The smallest absolute Gasteiger partial charge is 0.0991 e. The fourth-order valence-electron chi connectivity index (χ4n) is 2.33. The minimum Gasteiger partial charge on any atom is -0.308 e. The van der Waals surface area contributed by atoms with Crippen molar-refractivity contribution < 1.29 is 0 Å². The molecule has 0 heterocycles. The second-order valence-electron chi connectivity index (χ2n) is 5.37. The standard InChI is InChI=1S/C17H26N2/c1-4-5-6-7-8-14(2)19-15(3)17-11-9-16(13-18)10-12-17/h9-12,14-15,19H,4-8H2,1-3H3. The minimum absolute atomic E-state index is 0.342. The molecule has 0 aromatic heterocycles. The molecule has 0 bridgehead atoms. The summed E-state index contributed by atoms with van der Waals surface area (Å²) in [6, 6.07) is 10.9. The van der Waals surface area contributed by atoms with Crippen molar-refractivity contribution in [2.24, 2.45) is 0 Å². The number of rotatable bonds is 8. The molecule has 0 fully saturated rings. The van der Waals surface area contributed by atoms with Crippen molar-refractivity contribution >= 4 is 0 Å². The van der Waals surface area contributed by atoms with E-state index in [4.69, 9.17) is 5.26 Å². The lowest BCUT2D eigenvalue weighted by atomic mass is 10.0. The molecule has 2 atom stereocenters. The Morgan fingerprint density at radius 2 is 1.79 bits per heavy atom. The Labute approximate surface area is 117 Å². The summed E-state index contributed by atoms with van der Waals surface area (Å²) in [5.74, 6) is 0. The van der Waals surface area contributed by atoms with Gasteiger partial charge in [0.05, 0.1) is 11.6 Å². The monoisotopic (exact) mass is 258 g/mol. The molecule has 104 valence electrons. The first-order chi connectivity index (χ1) is 9.17. The topological polar surface area (TPSA) is 35.8 Å². The van der Waals surface area contributed by atoms with E-state index in [1.54, 1.807) is 0 Å². The van der Waals surface area contributed by atoms with E-state index < -0.39 is 0 Å². The van der Waals surface area contributed by atoms with Gasteiger partial charge in [-0.2, -0.15) is 5.26 Å². The van der Waals surface area contributed by atoms with Crippen molar-refractivity contribution in [1.82, 2.24) is 5.32 Å². The third-order valence-corrected chi connectivity index (χ3v) is 3.56. The van der Waals surface area contributed by atoms with Crippen LogP contribution in [0.2, 0.25) is 0 Å². The summed E-state index contributed by atoms with van der Waals surface area (Å²) in [6.07, 6.45) is 6.53. The van der Waals surface area contributed by atoms with Crippen molar-refractivity contribution in [1.29, 1.82) is 5.26 Å². The molecule has 2 heteroatoms. The fourth-order valence-corrected chi connectivity index (χ4v) is 2.33. The minimum atomic E-state index is 0.342. The largest absolute Gasteiger partial charge is 0.308 e. The van der Waals surface area contributed by atoms with Crippen LogP contribution in [0.4, 0.5) is 0 Å². The van der Waals surface area contributed by atoms with Gasteiger partial charge in [-0.15, -0.1) is 0 Å². The normalized spacial score (nSPS) is 13.8. The average molecular weight is 258 g/mol. The van der Waals surface area contributed by atoms with Crippen LogP contribution in [-0.4, -0.2) is 6.04 Å². The third-order valence-electron chi connectivity index (χ3n) is 3.56. The number of hydrogen-bond acceptors (Lipinski definition) is 2. The van der Waals surface area contributed by atoms with Crippen molar-refractivity contribution in [2.75, 3.05) is 0 Å². The van der Waals surface area contributed by atoms with E-state index in [1.807, 2.05) is 24.3 Å². The Morgan fingerprint density at radius 1 is 1.11 bits per heavy atom. The van der Waals surface area contributed by atoms with E-state index in [1.165, 1.54) is 37.7 Å². The van der Waals surface area contributed by atoms with Crippen molar-refractivity contribution in [3.63, 3.8) is 0 Å². The van der Waals surface area contributed by atoms with E-state index in [2.05, 4.69) is 32.2 Å². The maximum atomic E-state index is 8.79. The van der Waals surface area contributed by atoms with Crippen LogP contribution < -0.4 is 5.32 Å². The summed E-state index contributed by atoms with van der Waals surface area (Å²) in [5.41, 5.74) is 1.97. The maximum absolute atomic E-state index is 8.79. The molecule has 0 spiro atoms. The highest BCUT2D eigenvalue weighted by molar-refractivity contribution is 5.32. The Morgan fingerprint density at radius 3 is 2.37 bits per heavy atom. The summed E-state index contributed by atoms with van der Waals surface area (Å²) >= 11 is 0. The first kappa shape index (κ1) is 15.7. The SMILES string of the molecule is CCCCCCC(C)NC(C)c1ccc(C#N)cc1. The van der Waals surface area contributed by atoms with Crippen LogP contribution in [0.15, 0.2) is 24.3 Å². The van der Waals surface area contributed by atoms with E-state index in [0.29, 0.717) is 12.1 Å². The number of benzene rings is 1. The first-order valence-electron chi connectivity index (χ1n) is 7.43. The summed E-state index contributed by atoms with van der Waals surface area (Å²) in [4.78, 5) is 0. The van der Waals surface area contributed by atoms with Crippen molar-refractivity contribution in [3.05, 3.63) is 35.4 Å². The summed E-state index contributed by atoms with van der Waals surface area (Å²) in [7, 11) is 0. The molecule has 1 N–H and O–H groups in total. The van der Waals surface area contributed by atoms with Crippen LogP contribution in [0.5, 0.6) is 0 Å². The Kier molecular flexibility index (Phi) is 7.22. The predicted molar refractivity (Wildman–Crippen MR) is 80.9 cm³/mol. The molecule has 1 rings (SSSR count). The van der Waals surface area contributed by atoms with Crippen molar-refractivity contribution in [2.45, 2.75) is 65.0 Å². The van der Waals surface area contributed by atoms with E-state index in [9.17, 15) is 0 Å². The maximum Gasteiger partial charge on any atom is 0.0991 e. The van der Waals surface area contributed by atoms with Gasteiger partial charge in [-0.1, -0.05) is 44.7 Å². The van der Waals surface area contributed by atoms with Gasteiger partial charge in [0.25, 0.3) is 0 Å². The summed E-state index contributed by atoms with van der Waals surface area (Å²) in [6.45, 7) is 6.69. The average Bonchev–Trinajstić information content (AvgIpc) is 2.43. The second kappa shape index (κ2) is 8.72. The van der Waals surface area contributed by atoms with Gasteiger partial charge < -0.3 is 5.32 Å². The molecule has 0 radical (unpaired) electrons. The van der Waals surface area contributed by atoms with Gasteiger partial charge in [0.15, 0.2) is 0 Å². The highest BCUT2D eigenvalue weighted by Gasteiger charge is 2.09. The highest BCUT2D eigenvalue weighted by Crippen LogP contribution is 2.15. The van der Waals surface area contributed by atoms with Gasteiger partial charge in [0, 0.05) is 12.1 Å². The van der Waals surface area contributed by atoms with Crippen LogP contribution in [0.1, 0.15) is 70.0 Å². The van der Waals surface area contributed by atoms with Gasteiger partial charge in [-0.05, 0) is 38.0 Å². The quantitative estimate of drug-likeness (QED) is 0.693. The molecule has 2 unspecified atom stereocenters. The van der Waals surface area contributed by atoms with Crippen LogP contribution in [0.3, 0.4) is 0 Å². The third kappa shape index (κ3) is 5.89. The lowest BCUT2D eigenvalue weighted by Crippen LogP contribution is -2.28. The number of nitrogens with one attached hydrogen (secondary N) is 1. The zero-order valence-electron chi connectivity index (χ0n) is 12.4. The number of nitriles is 1. The van der Waals surface area contributed by atoms with Crippen LogP contribution in [0, 0.1) is 11.3 Å². The predicted octanol–water partition coefficient (Wildman–Crippen LogP) is 4.57. The van der Waals surface area contributed by atoms with Gasteiger partial charge in [0.2, 0.25) is 0 Å². The first-order valence-corrected chi connectivity index (χ1v) is 7.43. The number of unbranched alkanes of at least 4 members (excludes halogenated alkanes) is 3. The molecule has 2 nitrogen and oxygen atoms in total. The molecule has 1 aromatic rings. The summed E-state index contributed by atoms with van der Waals surface area (Å²) < 4.78 is 0. The van der Waals surface area contributed by atoms with E-state index in [-0.39, 0.29) is 0 Å². The number of hydrogen-bond donors (Lipinski definition) is 1.